The van der Waals surface area contributed by atoms with Crippen molar-refractivity contribution < 1.29 is 23.2 Å². The highest BCUT2D eigenvalue weighted by Crippen LogP contribution is 2.24. The maximum Gasteiger partial charge on any atom is 0.325 e. The number of carbonyl (C=O) groups is 3. The topological polar surface area (TPSA) is 81.8 Å². The summed E-state index contributed by atoms with van der Waals surface area (Å²) in [5.74, 6) is -2.43. The van der Waals surface area contributed by atoms with Crippen molar-refractivity contribution in [1.82, 2.24) is 20.4 Å². The summed E-state index contributed by atoms with van der Waals surface area (Å²) < 4.78 is 26.4. The van der Waals surface area contributed by atoms with Gasteiger partial charge in [-0.25, -0.2) is 13.6 Å². The molecule has 2 fully saturated rings. The molecule has 0 radical (unpaired) electrons. The van der Waals surface area contributed by atoms with E-state index in [1.54, 1.807) is 6.07 Å². The van der Waals surface area contributed by atoms with Gasteiger partial charge in [0.25, 0.3) is 5.91 Å². The van der Waals surface area contributed by atoms with Gasteiger partial charge in [-0.15, -0.1) is 0 Å². The van der Waals surface area contributed by atoms with Gasteiger partial charge in [-0.1, -0.05) is 19.9 Å². The molecule has 0 aromatic heterocycles. The van der Waals surface area contributed by atoms with E-state index < -0.39 is 23.2 Å². The Morgan fingerprint density at radius 3 is 2.40 bits per heavy atom. The van der Waals surface area contributed by atoms with Crippen LogP contribution < -0.4 is 10.6 Å². The van der Waals surface area contributed by atoms with Gasteiger partial charge in [0.2, 0.25) is 5.91 Å². The van der Waals surface area contributed by atoms with Crippen LogP contribution >= 0.6 is 0 Å². The molecule has 0 bridgehead atoms. The molecule has 0 saturated carbocycles. The first-order valence-electron chi connectivity index (χ1n) is 10.4. The van der Waals surface area contributed by atoms with E-state index in [9.17, 15) is 23.2 Å². The van der Waals surface area contributed by atoms with Gasteiger partial charge in [0.05, 0.1) is 0 Å². The molecule has 0 spiro atoms. The molecule has 4 amide bonds. The van der Waals surface area contributed by atoms with E-state index in [-0.39, 0.29) is 24.4 Å². The lowest BCUT2D eigenvalue weighted by molar-refractivity contribution is -0.135. The summed E-state index contributed by atoms with van der Waals surface area (Å²) in [5, 5.41) is 5.61. The average Bonchev–Trinajstić information content (AvgIpc) is 2.97. The lowest BCUT2D eigenvalue weighted by atomic mass is 9.93. The molecule has 2 heterocycles. The third-order valence-corrected chi connectivity index (χ3v) is 6.10. The van der Waals surface area contributed by atoms with E-state index in [0.29, 0.717) is 50.9 Å². The number of imide groups is 1. The smallest absolute Gasteiger partial charge is 0.325 e. The lowest BCUT2D eigenvalue weighted by Gasteiger charge is -2.32. The summed E-state index contributed by atoms with van der Waals surface area (Å²) >= 11 is 0. The normalized spacial score (nSPS) is 19.8. The van der Waals surface area contributed by atoms with Crippen molar-refractivity contribution >= 4 is 17.8 Å². The number of halogens is 2. The third-order valence-electron chi connectivity index (χ3n) is 6.10. The fraction of sp³-hybridized carbons (Fsp3) is 0.571. The van der Waals surface area contributed by atoms with Gasteiger partial charge in [-0.05, 0) is 43.4 Å². The number of rotatable bonds is 7. The highest BCUT2D eigenvalue weighted by atomic mass is 19.2. The number of hydrogen-bond donors (Lipinski definition) is 2. The summed E-state index contributed by atoms with van der Waals surface area (Å²) in [4.78, 5) is 40.3. The van der Waals surface area contributed by atoms with E-state index in [4.69, 9.17) is 0 Å². The summed E-state index contributed by atoms with van der Waals surface area (Å²) in [7, 11) is 0. The van der Waals surface area contributed by atoms with Crippen molar-refractivity contribution in [3.05, 3.63) is 35.4 Å². The molecule has 1 aromatic carbocycles. The van der Waals surface area contributed by atoms with Gasteiger partial charge in [-0.2, -0.15) is 0 Å². The molecule has 7 nitrogen and oxygen atoms in total. The van der Waals surface area contributed by atoms with Crippen molar-refractivity contribution in [2.45, 2.75) is 57.7 Å². The predicted molar refractivity (Wildman–Crippen MR) is 106 cm³/mol. The van der Waals surface area contributed by atoms with Gasteiger partial charge >= 0.3 is 6.03 Å². The molecular weight excluding hydrogens is 394 g/mol. The van der Waals surface area contributed by atoms with Crippen molar-refractivity contribution in [2.75, 3.05) is 19.6 Å². The Morgan fingerprint density at radius 1 is 1.17 bits per heavy atom. The molecule has 30 heavy (non-hydrogen) atoms. The first-order valence-corrected chi connectivity index (χ1v) is 10.4. The summed E-state index contributed by atoms with van der Waals surface area (Å²) in [6, 6.07) is 3.31. The van der Waals surface area contributed by atoms with Crippen LogP contribution in [0.25, 0.3) is 0 Å². The number of nitrogens with zero attached hydrogens (tertiary/aromatic N) is 2. The van der Waals surface area contributed by atoms with Gasteiger partial charge in [-0.3, -0.25) is 19.4 Å². The molecule has 0 aliphatic carbocycles. The van der Waals surface area contributed by atoms with Crippen LogP contribution in [0.3, 0.4) is 0 Å². The van der Waals surface area contributed by atoms with Crippen LogP contribution in [0.1, 0.15) is 45.1 Å². The molecule has 1 aromatic rings. The van der Waals surface area contributed by atoms with Crippen LogP contribution in [0.5, 0.6) is 0 Å². The first kappa shape index (κ1) is 22.1. The van der Waals surface area contributed by atoms with Crippen molar-refractivity contribution in [3.8, 4) is 0 Å². The van der Waals surface area contributed by atoms with Crippen LogP contribution in [-0.2, 0) is 16.1 Å². The Labute approximate surface area is 174 Å². The predicted octanol–water partition coefficient (Wildman–Crippen LogP) is 2.16. The highest BCUT2D eigenvalue weighted by Gasteiger charge is 2.49. The van der Waals surface area contributed by atoms with Crippen LogP contribution in [0, 0.1) is 11.6 Å². The Hall–Kier alpha value is -2.55. The van der Waals surface area contributed by atoms with E-state index in [2.05, 4.69) is 15.5 Å². The molecule has 9 heteroatoms. The number of carbonyl (C=O) groups excluding carboxylic acids is 3. The van der Waals surface area contributed by atoms with Gasteiger partial charge in [0.1, 0.15) is 12.1 Å². The SMILES string of the molecule is CCC1(CC)NC(=O)N(CC(=O)NC2CCN(Cc3ccc(F)c(F)c3)CC2)C1=O. The monoisotopic (exact) mass is 422 g/mol. The zero-order valence-electron chi connectivity index (χ0n) is 17.3. The summed E-state index contributed by atoms with van der Waals surface area (Å²) in [6.45, 7) is 5.28. The van der Waals surface area contributed by atoms with E-state index in [1.807, 2.05) is 13.8 Å². The molecule has 0 unspecified atom stereocenters. The number of amides is 4. The zero-order valence-corrected chi connectivity index (χ0v) is 17.3. The quantitative estimate of drug-likeness (QED) is 0.660. The minimum absolute atomic E-state index is 0.0541. The molecule has 3 rings (SSSR count). The Bertz CT molecular complexity index is 820. The second kappa shape index (κ2) is 9.07. The van der Waals surface area contributed by atoms with Crippen LogP contribution in [0.4, 0.5) is 13.6 Å². The van der Waals surface area contributed by atoms with Crippen LogP contribution in [-0.4, -0.2) is 58.9 Å². The molecule has 2 aliphatic rings. The maximum atomic E-state index is 13.4. The van der Waals surface area contributed by atoms with E-state index >= 15 is 0 Å². The maximum absolute atomic E-state index is 13.4. The number of nitrogens with one attached hydrogen (secondary N) is 2. The number of piperidine rings is 1. The fourth-order valence-electron chi connectivity index (χ4n) is 4.10. The van der Waals surface area contributed by atoms with Crippen molar-refractivity contribution in [2.24, 2.45) is 0 Å². The number of urea groups is 1. The number of hydrogen-bond acceptors (Lipinski definition) is 4. The minimum Gasteiger partial charge on any atom is -0.352 e. The van der Waals surface area contributed by atoms with Crippen molar-refractivity contribution in [1.29, 1.82) is 0 Å². The average molecular weight is 422 g/mol. The standard InChI is InChI=1S/C21H28F2N4O3/c1-3-21(4-2)19(29)27(20(30)25-21)13-18(28)24-15-7-9-26(10-8-15)12-14-5-6-16(22)17(23)11-14/h5-6,11,15H,3-4,7-10,12-13H2,1-2H3,(H,24,28)(H,25,30). The van der Waals surface area contributed by atoms with E-state index in [0.717, 1.165) is 11.0 Å². The van der Waals surface area contributed by atoms with Crippen LogP contribution in [0.2, 0.25) is 0 Å². The second-order valence-electron chi connectivity index (χ2n) is 7.98. The Kier molecular flexibility index (Phi) is 6.70. The molecule has 164 valence electrons. The molecule has 2 N–H and O–H groups in total. The lowest BCUT2D eigenvalue weighted by Crippen LogP contribution is -2.49. The Morgan fingerprint density at radius 2 is 1.83 bits per heavy atom. The second-order valence-corrected chi connectivity index (χ2v) is 7.98. The molecule has 2 saturated heterocycles. The zero-order chi connectivity index (χ0) is 21.9. The first-order chi connectivity index (χ1) is 14.3. The van der Waals surface area contributed by atoms with Gasteiger partial charge in [0, 0.05) is 25.7 Å². The Balaban J connectivity index is 1.47. The molecule has 2 aliphatic heterocycles. The van der Waals surface area contributed by atoms with Crippen molar-refractivity contribution in [3.63, 3.8) is 0 Å². The molecular formula is C21H28F2N4O3. The van der Waals surface area contributed by atoms with Crippen LogP contribution in [0.15, 0.2) is 18.2 Å². The van der Waals surface area contributed by atoms with Gasteiger partial charge in [0.15, 0.2) is 11.6 Å². The summed E-state index contributed by atoms with van der Waals surface area (Å²) in [6.07, 6.45) is 2.35. The minimum atomic E-state index is -0.914. The molecule has 0 atom stereocenters. The fourth-order valence-corrected chi connectivity index (χ4v) is 4.10. The third kappa shape index (κ3) is 4.61. The van der Waals surface area contributed by atoms with Gasteiger partial charge < -0.3 is 10.6 Å². The van der Waals surface area contributed by atoms with E-state index in [1.165, 1.54) is 6.07 Å². The number of likely N-dealkylation sites (tertiary alicyclic amines) is 1. The largest absolute Gasteiger partial charge is 0.352 e. The number of benzene rings is 1. The highest BCUT2D eigenvalue weighted by molar-refractivity contribution is 6.09. The summed E-state index contributed by atoms with van der Waals surface area (Å²) in [5.41, 5.74) is -0.215.